The van der Waals surface area contributed by atoms with Crippen LogP contribution in [-0.2, 0) is 11.2 Å². The van der Waals surface area contributed by atoms with Crippen LogP contribution in [0.25, 0.3) is 0 Å². The van der Waals surface area contributed by atoms with Crippen molar-refractivity contribution in [3.63, 3.8) is 0 Å². The Morgan fingerprint density at radius 3 is 2.65 bits per heavy atom. The molecule has 3 heteroatoms. The Balaban J connectivity index is 1.88. The topological polar surface area (TPSA) is 34.9 Å². The van der Waals surface area contributed by atoms with E-state index in [9.17, 15) is 4.79 Å². The summed E-state index contributed by atoms with van der Waals surface area (Å²) in [5, 5.41) is 4.60. The molecule has 0 bridgehead atoms. The van der Waals surface area contributed by atoms with Crippen LogP contribution < -0.4 is 0 Å². The Kier molecular flexibility index (Phi) is 4.66. The van der Waals surface area contributed by atoms with Crippen molar-refractivity contribution in [2.24, 2.45) is 11.3 Å². The number of carbonyl (C=O) groups is 1. The van der Waals surface area contributed by atoms with Crippen LogP contribution in [0.3, 0.4) is 0 Å². The van der Waals surface area contributed by atoms with Crippen molar-refractivity contribution in [3.05, 3.63) is 18.0 Å². The molecule has 0 saturated heterocycles. The summed E-state index contributed by atoms with van der Waals surface area (Å²) in [6.45, 7) is 8.74. The van der Waals surface area contributed by atoms with Crippen molar-refractivity contribution in [2.75, 3.05) is 0 Å². The van der Waals surface area contributed by atoms with E-state index in [4.69, 9.17) is 0 Å². The van der Waals surface area contributed by atoms with E-state index >= 15 is 0 Å². The minimum absolute atomic E-state index is 0.193. The quantitative estimate of drug-likeness (QED) is 0.808. The fourth-order valence-corrected chi connectivity index (χ4v) is 2.77. The lowest BCUT2D eigenvalue weighted by Crippen LogP contribution is -2.21. The normalized spacial score (nSPS) is 18.4. The second-order valence-electron chi connectivity index (χ2n) is 7.41. The first kappa shape index (κ1) is 15.3. The highest BCUT2D eigenvalue weighted by Gasteiger charge is 2.23. The highest BCUT2D eigenvalue weighted by atomic mass is 16.1. The minimum atomic E-state index is 0.193. The Hall–Kier alpha value is -1.12. The van der Waals surface area contributed by atoms with Gasteiger partial charge in [0.05, 0.1) is 18.2 Å². The second-order valence-corrected chi connectivity index (χ2v) is 7.41. The van der Waals surface area contributed by atoms with Gasteiger partial charge in [0.2, 0.25) is 0 Å². The van der Waals surface area contributed by atoms with Crippen molar-refractivity contribution in [1.29, 1.82) is 0 Å². The number of hydrogen-bond acceptors (Lipinski definition) is 2. The molecule has 1 fully saturated rings. The summed E-state index contributed by atoms with van der Waals surface area (Å²) >= 11 is 0. The van der Waals surface area contributed by atoms with Crippen molar-refractivity contribution < 1.29 is 4.79 Å². The number of ketones is 1. The number of aromatic nitrogens is 2. The summed E-state index contributed by atoms with van der Waals surface area (Å²) < 4.78 is 2.07. The third-order valence-electron chi connectivity index (χ3n) is 4.75. The van der Waals surface area contributed by atoms with Crippen molar-refractivity contribution >= 4 is 5.78 Å². The summed E-state index contributed by atoms with van der Waals surface area (Å²) in [5.74, 6) is 0.719. The number of nitrogens with zero attached hydrogens (tertiary/aromatic N) is 2. The largest absolute Gasteiger partial charge is 0.299 e. The molecule has 0 amide bonds. The maximum Gasteiger partial charge on any atom is 0.139 e. The molecule has 112 valence electrons. The van der Waals surface area contributed by atoms with Gasteiger partial charge in [-0.25, -0.2) is 0 Å². The maximum atomic E-state index is 12.2. The molecule has 1 heterocycles. The maximum absolute atomic E-state index is 12.2. The number of carbonyl (C=O) groups excluding carboxylic acids is 1. The van der Waals surface area contributed by atoms with Crippen LogP contribution in [0, 0.1) is 11.3 Å². The monoisotopic (exact) mass is 276 g/mol. The first-order valence-corrected chi connectivity index (χ1v) is 7.92. The molecule has 1 aliphatic rings. The average molecular weight is 276 g/mol. The molecular weight excluding hydrogens is 248 g/mol. The van der Waals surface area contributed by atoms with E-state index in [1.165, 1.54) is 25.7 Å². The first-order chi connectivity index (χ1) is 9.36. The van der Waals surface area contributed by atoms with Gasteiger partial charge in [0.15, 0.2) is 0 Å². The lowest BCUT2D eigenvalue weighted by atomic mass is 9.79. The van der Waals surface area contributed by atoms with Gasteiger partial charge in [0, 0.05) is 12.6 Å². The van der Waals surface area contributed by atoms with Crippen LogP contribution in [0.2, 0.25) is 0 Å². The van der Waals surface area contributed by atoms with Crippen LogP contribution in [0.15, 0.2) is 12.3 Å². The van der Waals surface area contributed by atoms with Gasteiger partial charge in [0.1, 0.15) is 5.78 Å². The molecule has 3 nitrogen and oxygen atoms in total. The third-order valence-corrected chi connectivity index (χ3v) is 4.75. The zero-order chi connectivity index (χ0) is 14.8. The van der Waals surface area contributed by atoms with Gasteiger partial charge in [0.25, 0.3) is 0 Å². The van der Waals surface area contributed by atoms with Crippen molar-refractivity contribution in [2.45, 2.75) is 72.3 Å². The predicted molar refractivity (Wildman–Crippen MR) is 81.7 cm³/mol. The first-order valence-electron chi connectivity index (χ1n) is 7.92. The van der Waals surface area contributed by atoms with Gasteiger partial charge < -0.3 is 0 Å². The van der Waals surface area contributed by atoms with E-state index in [1.807, 2.05) is 12.3 Å². The standard InChI is InChI=1S/C17H28N2O/c1-13(17(2,3)4)11-16(20)12-14-9-10-19(18-14)15-7-5-6-8-15/h9-10,13,15H,5-8,11-12H2,1-4H3. The zero-order valence-electron chi connectivity index (χ0n) is 13.4. The summed E-state index contributed by atoms with van der Waals surface area (Å²) in [5.41, 5.74) is 1.13. The predicted octanol–water partition coefficient (Wildman–Crippen LogP) is 4.18. The number of rotatable bonds is 5. The molecule has 1 unspecified atom stereocenters. The van der Waals surface area contributed by atoms with Crippen LogP contribution in [0.4, 0.5) is 0 Å². The third kappa shape index (κ3) is 3.94. The van der Waals surface area contributed by atoms with Crippen LogP contribution >= 0.6 is 0 Å². The smallest absolute Gasteiger partial charge is 0.139 e. The fourth-order valence-electron chi connectivity index (χ4n) is 2.77. The molecule has 20 heavy (non-hydrogen) atoms. The Morgan fingerprint density at radius 2 is 2.05 bits per heavy atom. The zero-order valence-corrected chi connectivity index (χ0v) is 13.4. The molecule has 0 radical (unpaired) electrons. The van der Waals surface area contributed by atoms with Gasteiger partial charge in [-0.15, -0.1) is 0 Å². The molecule has 1 aliphatic carbocycles. The summed E-state index contributed by atoms with van der Waals surface area (Å²) in [6, 6.07) is 2.57. The van der Waals surface area contributed by atoms with Gasteiger partial charge in [-0.3, -0.25) is 9.48 Å². The summed E-state index contributed by atoms with van der Waals surface area (Å²) in [7, 11) is 0. The Morgan fingerprint density at radius 1 is 1.40 bits per heavy atom. The highest BCUT2D eigenvalue weighted by Crippen LogP contribution is 2.30. The van der Waals surface area contributed by atoms with Gasteiger partial charge in [-0.05, 0) is 30.2 Å². The van der Waals surface area contributed by atoms with Crippen LogP contribution in [0.1, 0.15) is 71.5 Å². The van der Waals surface area contributed by atoms with Gasteiger partial charge in [-0.1, -0.05) is 40.5 Å². The molecule has 0 aromatic carbocycles. The Bertz CT molecular complexity index is 450. The van der Waals surface area contributed by atoms with Gasteiger partial charge in [-0.2, -0.15) is 5.10 Å². The van der Waals surface area contributed by atoms with E-state index in [0.717, 1.165) is 5.69 Å². The van der Waals surface area contributed by atoms with Crippen LogP contribution in [-0.4, -0.2) is 15.6 Å². The molecule has 1 aromatic heterocycles. The molecule has 2 rings (SSSR count). The molecule has 0 aliphatic heterocycles. The number of Topliss-reactive ketones (excluding diaryl/α,β-unsaturated/α-hetero) is 1. The van der Waals surface area contributed by atoms with E-state index in [2.05, 4.69) is 37.5 Å². The molecule has 1 saturated carbocycles. The lowest BCUT2D eigenvalue weighted by molar-refractivity contribution is -0.120. The molecule has 0 N–H and O–H groups in total. The minimum Gasteiger partial charge on any atom is -0.299 e. The number of hydrogen-bond donors (Lipinski definition) is 0. The van der Waals surface area contributed by atoms with Crippen molar-refractivity contribution in [3.8, 4) is 0 Å². The van der Waals surface area contributed by atoms with E-state index in [1.54, 1.807) is 0 Å². The SMILES string of the molecule is CC(CC(=O)Cc1ccn(C2CCCC2)n1)C(C)(C)C. The van der Waals surface area contributed by atoms with Crippen molar-refractivity contribution in [1.82, 2.24) is 9.78 Å². The molecule has 1 aromatic rings. The average Bonchev–Trinajstić information content (AvgIpc) is 2.96. The van der Waals surface area contributed by atoms with E-state index < -0.39 is 0 Å². The molecular formula is C17H28N2O. The molecule has 1 atom stereocenters. The van der Waals surface area contributed by atoms with E-state index in [-0.39, 0.29) is 5.41 Å². The lowest BCUT2D eigenvalue weighted by Gasteiger charge is -2.26. The summed E-state index contributed by atoms with van der Waals surface area (Å²) in [6.07, 6.45) is 8.27. The highest BCUT2D eigenvalue weighted by molar-refractivity contribution is 5.80. The van der Waals surface area contributed by atoms with Gasteiger partial charge >= 0.3 is 0 Å². The Labute approximate surface area is 122 Å². The fraction of sp³-hybridized carbons (Fsp3) is 0.765. The van der Waals surface area contributed by atoms with Crippen LogP contribution in [0.5, 0.6) is 0 Å². The molecule has 0 spiro atoms. The summed E-state index contributed by atoms with van der Waals surface area (Å²) in [4.78, 5) is 12.2. The van der Waals surface area contributed by atoms with E-state index in [0.29, 0.717) is 30.6 Å². The second kappa shape index (κ2) is 6.11.